The van der Waals surface area contributed by atoms with Crippen molar-refractivity contribution >= 4 is 33.9 Å². The van der Waals surface area contributed by atoms with Gasteiger partial charge in [-0.25, -0.2) is 0 Å². The zero-order chi connectivity index (χ0) is 18.3. The largest absolute Gasteiger partial charge is 0.384 e. The first-order valence-electron chi connectivity index (χ1n) is 7.89. The van der Waals surface area contributed by atoms with Crippen LogP contribution in [-0.2, 0) is 0 Å². The number of hydrogen-bond acceptors (Lipinski definition) is 4. The highest BCUT2D eigenvalue weighted by molar-refractivity contribution is 7.18. The van der Waals surface area contributed by atoms with Crippen molar-refractivity contribution in [3.63, 3.8) is 0 Å². The van der Waals surface area contributed by atoms with E-state index in [9.17, 15) is 0 Å². The van der Waals surface area contributed by atoms with Gasteiger partial charge in [-0.1, -0.05) is 12.1 Å². The number of fused-ring (bicyclic) bond motifs is 1. The van der Waals surface area contributed by atoms with Crippen LogP contribution < -0.4 is 11.5 Å². The number of aromatic nitrogens is 2. The zero-order valence-corrected chi connectivity index (χ0v) is 14.5. The van der Waals surface area contributed by atoms with Gasteiger partial charge in [-0.2, -0.15) is 0 Å². The van der Waals surface area contributed by atoms with Crippen LogP contribution in [0.1, 0.15) is 11.1 Å². The molecule has 7 heteroatoms. The van der Waals surface area contributed by atoms with Crippen LogP contribution in [0.4, 0.5) is 0 Å². The predicted molar refractivity (Wildman–Crippen MR) is 107 cm³/mol. The summed E-state index contributed by atoms with van der Waals surface area (Å²) in [6, 6.07) is 15.5. The molecule has 1 aromatic carbocycles. The molecule has 0 atom stereocenters. The molecule has 3 aromatic heterocycles. The fourth-order valence-electron chi connectivity index (χ4n) is 2.75. The van der Waals surface area contributed by atoms with Gasteiger partial charge in [-0.3, -0.25) is 15.8 Å². The predicted octanol–water partition coefficient (Wildman–Crippen LogP) is 3.53. The van der Waals surface area contributed by atoms with Gasteiger partial charge >= 0.3 is 0 Å². The van der Waals surface area contributed by atoms with Crippen molar-refractivity contribution in [1.82, 2.24) is 9.97 Å². The molecule has 0 aliphatic rings. The van der Waals surface area contributed by atoms with Crippen LogP contribution >= 0.6 is 11.3 Å². The molecule has 4 aromatic rings. The third-order valence-corrected chi connectivity index (χ3v) is 5.27. The highest BCUT2D eigenvalue weighted by Gasteiger charge is 2.10. The Bertz CT molecular complexity index is 1140. The smallest absolute Gasteiger partial charge is 0.124 e. The minimum Gasteiger partial charge on any atom is -0.384 e. The first-order chi connectivity index (χ1) is 12.5. The molecule has 0 spiro atoms. The number of thiophene rings is 1. The third kappa shape index (κ3) is 2.84. The Morgan fingerprint density at radius 2 is 1.62 bits per heavy atom. The summed E-state index contributed by atoms with van der Waals surface area (Å²) in [5.74, 6) is 0.0699. The molecule has 7 N–H and O–H groups in total. The maximum atomic E-state index is 7.56. The van der Waals surface area contributed by atoms with E-state index in [2.05, 4.69) is 22.1 Å². The lowest BCUT2D eigenvalue weighted by atomic mass is 10.1. The Morgan fingerprint density at radius 1 is 0.885 bits per heavy atom. The highest BCUT2D eigenvalue weighted by Crippen LogP contribution is 2.34. The summed E-state index contributed by atoms with van der Waals surface area (Å²) < 4.78 is 0. The molecule has 3 heterocycles. The molecular formula is C19H16N6S. The molecule has 0 unspecified atom stereocenters. The number of nitrogens with two attached hydrogens (primary N) is 2. The molecule has 0 saturated carbocycles. The second-order valence-electron chi connectivity index (χ2n) is 5.91. The Labute approximate surface area is 153 Å². The van der Waals surface area contributed by atoms with Crippen molar-refractivity contribution < 1.29 is 0 Å². The molecule has 0 aliphatic heterocycles. The van der Waals surface area contributed by atoms with E-state index in [1.54, 1.807) is 23.6 Å². The van der Waals surface area contributed by atoms with Crippen LogP contribution in [0.2, 0.25) is 0 Å². The van der Waals surface area contributed by atoms with Gasteiger partial charge in [0.1, 0.15) is 11.7 Å². The fourth-order valence-corrected chi connectivity index (χ4v) is 3.70. The number of aromatic amines is 1. The molecule has 128 valence electrons. The molecule has 0 radical (unpaired) electrons. The van der Waals surface area contributed by atoms with Crippen molar-refractivity contribution in [2.75, 3.05) is 0 Å². The lowest BCUT2D eigenvalue weighted by Crippen LogP contribution is -2.10. The molecular weight excluding hydrogens is 344 g/mol. The number of nitrogens with one attached hydrogen (secondary N) is 3. The topological polar surface area (TPSA) is 128 Å². The van der Waals surface area contributed by atoms with Crippen LogP contribution in [0.15, 0.2) is 54.7 Å². The monoisotopic (exact) mass is 360 g/mol. The Hall–Kier alpha value is -3.45. The van der Waals surface area contributed by atoms with Crippen molar-refractivity contribution in [2.45, 2.75) is 0 Å². The van der Waals surface area contributed by atoms with E-state index in [1.807, 2.05) is 30.3 Å². The van der Waals surface area contributed by atoms with Crippen LogP contribution in [0.3, 0.4) is 0 Å². The van der Waals surface area contributed by atoms with Crippen LogP contribution in [0, 0.1) is 10.8 Å². The van der Waals surface area contributed by atoms with E-state index < -0.39 is 0 Å². The number of H-pyrrole nitrogens is 1. The SMILES string of the molecule is N=C(N)c1ccc(-c2ccc(-c3cc4ccc(C(=N)N)cc4[nH]3)s2)nc1. The van der Waals surface area contributed by atoms with Gasteiger partial charge in [0.25, 0.3) is 0 Å². The molecule has 0 aliphatic carbocycles. The Morgan fingerprint density at radius 3 is 2.31 bits per heavy atom. The summed E-state index contributed by atoms with van der Waals surface area (Å²) in [6.07, 6.45) is 1.61. The molecule has 4 rings (SSSR count). The number of nitrogen functional groups attached to an aromatic ring is 2. The summed E-state index contributed by atoms with van der Waals surface area (Å²) >= 11 is 1.63. The lowest BCUT2D eigenvalue weighted by molar-refractivity contribution is 1.30. The van der Waals surface area contributed by atoms with E-state index in [-0.39, 0.29) is 11.7 Å². The highest BCUT2D eigenvalue weighted by atomic mass is 32.1. The van der Waals surface area contributed by atoms with E-state index >= 15 is 0 Å². The van der Waals surface area contributed by atoms with Crippen molar-refractivity contribution in [2.24, 2.45) is 11.5 Å². The molecule has 26 heavy (non-hydrogen) atoms. The number of amidine groups is 2. The van der Waals surface area contributed by atoms with Crippen LogP contribution in [0.25, 0.3) is 32.0 Å². The second kappa shape index (κ2) is 6.12. The van der Waals surface area contributed by atoms with Crippen LogP contribution in [-0.4, -0.2) is 21.6 Å². The van der Waals surface area contributed by atoms with E-state index in [4.69, 9.17) is 22.3 Å². The Balaban J connectivity index is 1.68. The van der Waals surface area contributed by atoms with Crippen LogP contribution in [0.5, 0.6) is 0 Å². The van der Waals surface area contributed by atoms with Gasteiger partial charge in [-0.15, -0.1) is 11.3 Å². The normalized spacial score (nSPS) is 10.9. The standard InChI is InChI=1S/C19H16N6S/c20-18(21)11-2-1-10-7-15(25-14(10)8-11)17-6-5-16(26-17)13-4-3-12(9-24-13)19(22)23/h1-9,25H,(H3,20,21)(H3,22,23). The first kappa shape index (κ1) is 16.0. The number of pyridine rings is 1. The van der Waals surface area contributed by atoms with E-state index in [1.165, 1.54) is 0 Å². The average molecular weight is 360 g/mol. The number of hydrogen-bond donors (Lipinski definition) is 5. The second-order valence-corrected chi connectivity index (χ2v) is 6.99. The third-order valence-electron chi connectivity index (χ3n) is 4.13. The van der Waals surface area contributed by atoms with Gasteiger partial charge in [0, 0.05) is 28.2 Å². The number of benzene rings is 1. The summed E-state index contributed by atoms with van der Waals surface area (Å²) in [7, 11) is 0. The van der Waals surface area contributed by atoms with Gasteiger partial charge in [-0.05, 0) is 36.4 Å². The summed E-state index contributed by atoms with van der Waals surface area (Å²) in [4.78, 5) is 9.92. The molecule has 0 bridgehead atoms. The van der Waals surface area contributed by atoms with E-state index in [0.717, 1.165) is 32.0 Å². The minimum absolute atomic E-state index is 0.0129. The minimum atomic E-state index is 0.0129. The zero-order valence-electron chi connectivity index (χ0n) is 13.7. The van der Waals surface area contributed by atoms with Gasteiger partial charge < -0.3 is 16.5 Å². The van der Waals surface area contributed by atoms with Crippen molar-refractivity contribution in [3.8, 4) is 21.1 Å². The van der Waals surface area contributed by atoms with Crippen molar-refractivity contribution in [1.29, 1.82) is 10.8 Å². The van der Waals surface area contributed by atoms with Gasteiger partial charge in [0.15, 0.2) is 0 Å². The maximum Gasteiger partial charge on any atom is 0.124 e. The average Bonchev–Trinajstić information content (AvgIpc) is 3.27. The van der Waals surface area contributed by atoms with Gasteiger partial charge in [0.2, 0.25) is 0 Å². The lowest BCUT2D eigenvalue weighted by Gasteiger charge is -1.99. The Kier molecular flexibility index (Phi) is 3.78. The summed E-state index contributed by atoms with van der Waals surface area (Å²) in [6.45, 7) is 0. The first-order valence-corrected chi connectivity index (χ1v) is 8.71. The molecule has 6 nitrogen and oxygen atoms in total. The summed E-state index contributed by atoms with van der Waals surface area (Å²) in [5, 5.41) is 16.1. The molecule has 0 amide bonds. The number of rotatable bonds is 4. The van der Waals surface area contributed by atoms with Crippen molar-refractivity contribution in [3.05, 3.63) is 65.9 Å². The van der Waals surface area contributed by atoms with Gasteiger partial charge in [0.05, 0.1) is 21.1 Å². The number of nitrogens with zero attached hydrogens (tertiary/aromatic N) is 1. The van der Waals surface area contributed by atoms with E-state index in [0.29, 0.717) is 11.1 Å². The summed E-state index contributed by atoms with van der Waals surface area (Å²) in [5.41, 5.74) is 15.2. The molecule has 0 saturated heterocycles. The quantitative estimate of drug-likeness (QED) is 0.282. The fraction of sp³-hybridized carbons (Fsp3) is 0. The molecule has 0 fully saturated rings. The maximum absolute atomic E-state index is 7.56.